The second-order valence-electron chi connectivity index (χ2n) is 7.44. The molecule has 1 aliphatic rings. The van der Waals surface area contributed by atoms with E-state index in [0.29, 0.717) is 54.2 Å². The normalized spacial score (nSPS) is 13.8. The minimum atomic E-state index is -0.679. The molecule has 1 N–H and O–H groups in total. The number of anilines is 2. The number of nitrogens with one attached hydrogen (secondary N) is 1. The van der Waals surface area contributed by atoms with Crippen molar-refractivity contribution in [3.8, 4) is 11.5 Å². The van der Waals surface area contributed by atoms with E-state index >= 15 is 0 Å². The van der Waals surface area contributed by atoms with Gasteiger partial charge in [-0.05, 0) is 24.3 Å². The molecule has 0 bridgehead atoms. The van der Waals surface area contributed by atoms with Crippen LogP contribution in [0.3, 0.4) is 0 Å². The summed E-state index contributed by atoms with van der Waals surface area (Å²) in [6.45, 7) is 4.70. The van der Waals surface area contributed by atoms with Gasteiger partial charge in [0.05, 0.1) is 28.4 Å². The van der Waals surface area contributed by atoms with Crippen LogP contribution >= 0.6 is 23.2 Å². The zero-order valence-electron chi connectivity index (χ0n) is 18.5. The predicted octanol–water partition coefficient (Wildman–Crippen LogP) is 5.00. The van der Waals surface area contributed by atoms with Crippen molar-refractivity contribution in [2.75, 3.05) is 25.5 Å². The van der Waals surface area contributed by atoms with Crippen molar-refractivity contribution in [3.05, 3.63) is 59.1 Å². The SMILES string of the molecule is C=CC(=O)N1CCC(Oc2cc3c(Nc4ccc(Cl)c(Cl)c4F)ncnc3cc2OC)CC1.[Ca+2]. The molecule has 1 saturated heterocycles. The van der Waals surface area contributed by atoms with Gasteiger partial charge in [-0.15, -0.1) is 0 Å². The van der Waals surface area contributed by atoms with Crippen molar-refractivity contribution in [2.45, 2.75) is 18.9 Å². The molecule has 0 atom stereocenters. The number of rotatable bonds is 6. The Hall–Kier alpha value is -1.84. The summed E-state index contributed by atoms with van der Waals surface area (Å²) in [4.78, 5) is 22.1. The molecule has 4 rings (SSSR count). The number of piperidine rings is 1. The predicted molar refractivity (Wildman–Crippen MR) is 132 cm³/mol. The van der Waals surface area contributed by atoms with E-state index < -0.39 is 5.82 Å². The van der Waals surface area contributed by atoms with Gasteiger partial charge in [0.1, 0.15) is 18.2 Å². The molecule has 1 aliphatic heterocycles. The molecule has 172 valence electrons. The molecule has 34 heavy (non-hydrogen) atoms. The number of likely N-dealkylation sites (tertiary alicyclic amines) is 1. The van der Waals surface area contributed by atoms with Gasteiger partial charge in [-0.3, -0.25) is 4.79 Å². The topological polar surface area (TPSA) is 76.6 Å². The van der Waals surface area contributed by atoms with Gasteiger partial charge in [0, 0.05) is 37.4 Å². The summed E-state index contributed by atoms with van der Waals surface area (Å²) in [7, 11) is 1.55. The molecule has 3 aromatic rings. The van der Waals surface area contributed by atoms with Crippen LogP contribution in [0.4, 0.5) is 15.9 Å². The first-order valence-electron chi connectivity index (χ1n) is 10.2. The third-order valence-corrected chi connectivity index (χ3v) is 6.21. The summed E-state index contributed by atoms with van der Waals surface area (Å²) in [5, 5.41) is 3.51. The molecule has 0 saturated carbocycles. The maximum Gasteiger partial charge on any atom is 2.00 e. The smallest absolute Gasteiger partial charge is 0.493 e. The second-order valence-corrected chi connectivity index (χ2v) is 8.22. The number of nitrogens with zero attached hydrogens (tertiary/aromatic N) is 3. The van der Waals surface area contributed by atoms with Gasteiger partial charge in [-0.2, -0.15) is 0 Å². The largest absolute Gasteiger partial charge is 2.00 e. The molecule has 2 heterocycles. The van der Waals surface area contributed by atoms with Gasteiger partial charge in [0.2, 0.25) is 5.91 Å². The van der Waals surface area contributed by atoms with Crippen molar-refractivity contribution < 1.29 is 18.7 Å². The molecule has 0 aliphatic carbocycles. The second kappa shape index (κ2) is 11.7. The van der Waals surface area contributed by atoms with Crippen LogP contribution in [0, 0.1) is 5.82 Å². The molecule has 7 nitrogen and oxygen atoms in total. The van der Waals surface area contributed by atoms with Crippen molar-refractivity contribution in [1.29, 1.82) is 0 Å². The Balaban J connectivity index is 0.00000324. The Kier molecular flexibility index (Phi) is 9.23. The number of carbonyl (C=O) groups is 1. The maximum atomic E-state index is 14.6. The van der Waals surface area contributed by atoms with Gasteiger partial charge >= 0.3 is 37.7 Å². The number of hydrogen-bond donors (Lipinski definition) is 1. The molecule has 0 unspecified atom stereocenters. The summed E-state index contributed by atoms with van der Waals surface area (Å²) < 4.78 is 26.3. The van der Waals surface area contributed by atoms with Crippen LogP contribution in [0.1, 0.15) is 12.8 Å². The van der Waals surface area contributed by atoms with Gasteiger partial charge < -0.3 is 19.7 Å². The van der Waals surface area contributed by atoms with Crippen LogP contribution in [0.15, 0.2) is 43.2 Å². The van der Waals surface area contributed by atoms with E-state index in [2.05, 4.69) is 21.9 Å². The number of aromatic nitrogens is 2. The Morgan fingerprint density at radius 2 is 1.97 bits per heavy atom. The van der Waals surface area contributed by atoms with E-state index in [1.807, 2.05) is 0 Å². The van der Waals surface area contributed by atoms with E-state index in [9.17, 15) is 9.18 Å². The van der Waals surface area contributed by atoms with E-state index in [-0.39, 0.29) is 65.5 Å². The standard InChI is InChI=1S/C23H21Cl2FN4O3.Ca/c1-3-20(31)30-8-6-13(7-9-30)33-19-10-14-17(11-18(19)32-2)27-12-28-23(14)29-16-5-4-15(24)21(25)22(16)26;/h3-5,10-13H,1,6-9H2,2H3,(H,27,28,29);/q;+2. The van der Waals surface area contributed by atoms with Crippen LogP contribution in [0.5, 0.6) is 11.5 Å². The average molecular weight is 531 g/mol. The fourth-order valence-electron chi connectivity index (χ4n) is 3.67. The summed E-state index contributed by atoms with van der Waals surface area (Å²) in [5.74, 6) is 0.625. The van der Waals surface area contributed by atoms with Crippen molar-refractivity contribution in [1.82, 2.24) is 14.9 Å². The Morgan fingerprint density at radius 1 is 1.24 bits per heavy atom. The fourth-order valence-corrected chi connectivity index (χ4v) is 3.98. The summed E-state index contributed by atoms with van der Waals surface area (Å²) >= 11 is 11.8. The van der Waals surface area contributed by atoms with E-state index in [1.165, 1.54) is 24.5 Å². The molecule has 1 fully saturated rings. The van der Waals surface area contributed by atoms with E-state index in [1.54, 1.807) is 24.1 Å². The summed E-state index contributed by atoms with van der Waals surface area (Å²) in [5.41, 5.74) is 0.713. The molecule has 1 aromatic heterocycles. The van der Waals surface area contributed by atoms with E-state index in [0.717, 1.165) is 0 Å². The van der Waals surface area contributed by atoms with Crippen LogP contribution in [0.2, 0.25) is 10.0 Å². The first kappa shape index (κ1) is 26.8. The monoisotopic (exact) mass is 530 g/mol. The first-order valence-corrected chi connectivity index (χ1v) is 11.0. The van der Waals surface area contributed by atoms with Crippen molar-refractivity contribution in [2.24, 2.45) is 0 Å². The number of amides is 1. The fraction of sp³-hybridized carbons (Fsp3) is 0.261. The molecule has 2 aromatic carbocycles. The molecular weight excluding hydrogens is 510 g/mol. The van der Waals surface area contributed by atoms with Gasteiger partial charge in [-0.25, -0.2) is 14.4 Å². The third kappa shape index (κ3) is 5.69. The Morgan fingerprint density at radius 3 is 2.65 bits per heavy atom. The van der Waals surface area contributed by atoms with Gasteiger partial charge in [0.15, 0.2) is 17.3 Å². The van der Waals surface area contributed by atoms with E-state index in [4.69, 9.17) is 32.7 Å². The number of methoxy groups -OCH3 is 1. The number of benzene rings is 2. The Labute approximate surface area is 236 Å². The third-order valence-electron chi connectivity index (χ3n) is 5.43. The molecule has 11 heteroatoms. The number of carbonyl (C=O) groups excluding carboxylic acids is 1. The van der Waals surface area contributed by atoms with Crippen LogP contribution in [-0.2, 0) is 4.79 Å². The number of halogens is 3. The Bertz CT molecular complexity index is 1220. The zero-order chi connectivity index (χ0) is 23.5. The van der Waals surface area contributed by atoms with Crippen molar-refractivity contribution in [3.63, 3.8) is 0 Å². The van der Waals surface area contributed by atoms with Crippen LogP contribution in [-0.4, -0.2) is 84.8 Å². The molecule has 1 amide bonds. The number of fused-ring (bicyclic) bond motifs is 1. The first-order chi connectivity index (χ1) is 15.9. The van der Waals surface area contributed by atoms with Crippen LogP contribution in [0.25, 0.3) is 10.9 Å². The quantitative estimate of drug-likeness (QED) is 0.274. The molecule has 0 radical (unpaired) electrons. The maximum absolute atomic E-state index is 14.6. The minimum Gasteiger partial charge on any atom is -0.493 e. The average Bonchev–Trinajstić information content (AvgIpc) is 2.84. The summed E-state index contributed by atoms with van der Waals surface area (Å²) in [6.07, 6.45) is 3.93. The zero-order valence-corrected chi connectivity index (χ0v) is 22.2. The number of hydrogen-bond acceptors (Lipinski definition) is 6. The van der Waals surface area contributed by atoms with Gasteiger partial charge in [0.25, 0.3) is 0 Å². The minimum absolute atomic E-state index is 0. The molecule has 0 spiro atoms. The van der Waals surface area contributed by atoms with Gasteiger partial charge in [-0.1, -0.05) is 29.8 Å². The summed E-state index contributed by atoms with van der Waals surface area (Å²) in [6, 6.07) is 6.47. The number of ether oxygens (including phenoxy) is 2. The molecular formula is C23H21CaCl2FN4O3+2. The van der Waals surface area contributed by atoms with Crippen LogP contribution < -0.4 is 14.8 Å². The van der Waals surface area contributed by atoms with Crippen molar-refractivity contribution >= 4 is 89.3 Å².